The van der Waals surface area contributed by atoms with Crippen LogP contribution in [0, 0.1) is 5.92 Å². The molecule has 0 fully saturated rings. The molecule has 0 saturated heterocycles. The van der Waals surface area contributed by atoms with Gasteiger partial charge in [0.25, 0.3) is 0 Å². The second kappa shape index (κ2) is 7.07. The van der Waals surface area contributed by atoms with Crippen LogP contribution in [0.25, 0.3) is 0 Å². The van der Waals surface area contributed by atoms with Gasteiger partial charge in [-0.15, -0.1) is 0 Å². The summed E-state index contributed by atoms with van der Waals surface area (Å²) in [5, 5.41) is 9.27. The fraction of sp³-hybridized carbons (Fsp3) is 0.500. The van der Waals surface area contributed by atoms with Crippen LogP contribution in [-0.4, -0.2) is 24.8 Å². The molecule has 0 aliphatic rings. The highest BCUT2D eigenvalue weighted by molar-refractivity contribution is 5.76. The van der Waals surface area contributed by atoms with Crippen LogP contribution in [0.5, 0.6) is 0 Å². The lowest BCUT2D eigenvalue weighted by Gasteiger charge is -2.17. The van der Waals surface area contributed by atoms with Gasteiger partial charge in [-0.05, 0) is 24.3 Å². The number of hydrogen-bond donors (Lipinski definition) is 1. The van der Waals surface area contributed by atoms with Gasteiger partial charge in [-0.2, -0.15) is 0 Å². The van der Waals surface area contributed by atoms with E-state index in [9.17, 15) is 9.90 Å². The van der Waals surface area contributed by atoms with Crippen LogP contribution >= 0.6 is 0 Å². The van der Waals surface area contributed by atoms with Gasteiger partial charge in [0.05, 0.1) is 5.92 Å². The summed E-state index contributed by atoms with van der Waals surface area (Å²) in [6, 6.07) is 9.41. The molecule has 0 saturated carbocycles. The van der Waals surface area contributed by atoms with Gasteiger partial charge in [0.15, 0.2) is 0 Å². The van der Waals surface area contributed by atoms with Crippen molar-refractivity contribution in [2.24, 2.45) is 5.92 Å². The van der Waals surface area contributed by atoms with Crippen molar-refractivity contribution in [2.75, 3.05) is 13.7 Å². The first kappa shape index (κ1) is 13.7. The Bertz CT molecular complexity index is 335. The first-order valence-electron chi connectivity index (χ1n) is 5.91. The van der Waals surface area contributed by atoms with Crippen molar-refractivity contribution in [3.05, 3.63) is 35.9 Å². The topological polar surface area (TPSA) is 46.5 Å². The number of carboxylic acid groups (broad SMARTS) is 1. The molecule has 0 aliphatic heterocycles. The first-order chi connectivity index (χ1) is 8.15. The summed E-state index contributed by atoms with van der Waals surface area (Å²) in [4.78, 5) is 11.3. The third-order valence-corrected chi connectivity index (χ3v) is 2.95. The third-order valence-electron chi connectivity index (χ3n) is 2.95. The maximum Gasteiger partial charge on any atom is 0.310 e. The zero-order valence-corrected chi connectivity index (χ0v) is 10.4. The molecule has 0 aliphatic carbocycles. The van der Waals surface area contributed by atoms with Crippen molar-refractivity contribution in [1.82, 2.24) is 0 Å². The minimum Gasteiger partial charge on any atom is -0.481 e. The minimum absolute atomic E-state index is 0.344. The highest BCUT2D eigenvalue weighted by Crippen LogP contribution is 2.25. The Hall–Kier alpha value is -1.35. The second-order valence-corrected chi connectivity index (χ2v) is 4.42. The number of methoxy groups -OCH3 is 1. The van der Waals surface area contributed by atoms with E-state index in [1.807, 2.05) is 30.3 Å². The van der Waals surface area contributed by atoms with E-state index in [0.717, 1.165) is 12.0 Å². The lowest BCUT2D eigenvalue weighted by molar-refractivity contribution is -0.139. The molecular weight excluding hydrogens is 216 g/mol. The molecule has 3 heteroatoms. The monoisotopic (exact) mass is 236 g/mol. The van der Waals surface area contributed by atoms with Gasteiger partial charge in [-0.3, -0.25) is 4.79 Å². The molecule has 0 heterocycles. The van der Waals surface area contributed by atoms with Crippen molar-refractivity contribution < 1.29 is 14.6 Å². The Balaban J connectivity index is 2.65. The van der Waals surface area contributed by atoms with Gasteiger partial charge >= 0.3 is 5.97 Å². The van der Waals surface area contributed by atoms with Gasteiger partial charge in [0.2, 0.25) is 0 Å². The molecule has 17 heavy (non-hydrogen) atoms. The van der Waals surface area contributed by atoms with Crippen molar-refractivity contribution in [2.45, 2.75) is 25.7 Å². The van der Waals surface area contributed by atoms with Gasteiger partial charge in [0.1, 0.15) is 0 Å². The molecule has 0 radical (unpaired) electrons. The quantitative estimate of drug-likeness (QED) is 0.791. The molecule has 0 bridgehead atoms. The van der Waals surface area contributed by atoms with Crippen LogP contribution in [0.15, 0.2) is 30.3 Å². The molecular formula is C14H20O3. The van der Waals surface area contributed by atoms with Crippen LogP contribution in [-0.2, 0) is 9.53 Å². The van der Waals surface area contributed by atoms with E-state index in [4.69, 9.17) is 4.74 Å². The summed E-state index contributed by atoms with van der Waals surface area (Å²) in [5.74, 6) is -0.820. The average molecular weight is 236 g/mol. The predicted molar refractivity (Wildman–Crippen MR) is 67.1 cm³/mol. The lowest BCUT2D eigenvalue weighted by Crippen LogP contribution is -2.15. The van der Waals surface area contributed by atoms with E-state index < -0.39 is 11.9 Å². The maximum absolute atomic E-state index is 11.3. The van der Waals surface area contributed by atoms with E-state index >= 15 is 0 Å². The second-order valence-electron chi connectivity index (χ2n) is 4.42. The van der Waals surface area contributed by atoms with Crippen LogP contribution in [0.1, 0.15) is 31.2 Å². The Kier molecular flexibility index (Phi) is 5.70. The molecule has 0 spiro atoms. The van der Waals surface area contributed by atoms with Crippen LogP contribution in [0.3, 0.4) is 0 Å². The summed E-state index contributed by atoms with van der Waals surface area (Å²) in [5.41, 5.74) is 0.879. The van der Waals surface area contributed by atoms with Crippen LogP contribution < -0.4 is 0 Å². The van der Waals surface area contributed by atoms with Crippen LogP contribution in [0.4, 0.5) is 0 Å². The highest BCUT2D eigenvalue weighted by Gasteiger charge is 2.21. The summed E-state index contributed by atoms with van der Waals surface area (Å²) in [6.07, 6.45) is 1.55. The van der Waals surface area contributed by atoms with Gasteiger partial charge in [-0.25, -0.2) is 0 Å². The summed E-state index contributed by atoms with van der Waals surface area (Å²) >= 11 is 0. The number of rotatable bonds is 7. The molecule has 1 aromatic rings. The van der Waals surface area contributed by atoms with Gasteiger partial charge < -0.3 is 9.84 Å². The van der Waals surface area contributed by atoms with Crippen LogP contribution in [0.2, 0.25) is 0 Å². The standard InChI is InChI=1S/C14H20O3/c1-11(8-9-17-2)10-13(14(15)16)12-6-4-3-5-7-12/h3-7,11,13H,8-10H2,1-2H3,(H,15,16). The largest absolute Gasteiger partial charge is 0.481 e. The molecule has 0 aromatic heterocycles. The SMILES string of the molecule is COCCC(C)CC(C(=O)O)c1ccccc1. The van der Waals surface area contributed by atoms with Crippen molar-refractivity contribution in [3.63, 3.8) is 0 Å². The van der Waals surface area contributed by atoms with Crippen molar-refractivity contribution >= 4 is 5.97 Å². The summed E-state index contributed by atoms with van der Waals surface area (Å²) < 4.78 is 5.01. The molecule has 2 atom stereocenters. The zero-order chi connectivity index (χ0) is 12.7. The Morgan fingerprint density at radius 2 is 2.00 bits per heavy atom. The summed E-state index contributed by atoms with van der Waals surface area (Å²) in [7, 11) is 1.67. The fourth-order valence-electron chi connectivity index (χ4n) is 1.90. The van der Waals surface area contributed by atoms with Crippen molar-refractivity contribution in [3.8, 4) is 0 Å². The zero-order valence-electron chi connectivity index (χ0n) is 10.4. The smallest absolute Gasteiger partial charge is 0.310 e. The van der Waals surface area contributed by atoms with E-state index in [1.54, 1.807) is 7.11 Å². The number of carboxylic acids is 1. The normalized spacial score (nSPS) is 14.2. The number of hydrogen-bond acceptors (Lipinski definition) is 2. The molecule has 3 nitrogen and oxygen atoms in total. The van der Waals surface area contributed by atoms with E-state index in [2.05, 4.69) is 6.92 Å². The Morgan fingerprint density at radius 3 is 2.53 bits per heavy atom. The van der Waals surface area contributed by atoms with Crippen molar-refractivity contribution in [1.29, 1.82) is 0 Å². The van der Waals surface area contributed by atoms with E-state index in [0.29, 0.717) is 18.9 Å². The third kappa shape index (κ3) is 4.57. The predicted octanol–water partition coefficient (Wildman–Crippen LogP) is 2.92. The molecule has 1 rings (SSSR count). The van der Waals surface area contributed by atoms with Gasteiger partial charge in [0, 0.05) is 13.7 Å². The highest BCUT2D eigenvalue weighted by atomic mass is 16.5. The van der Waals surface area contributed by atoms with E-state index in [1.165, 1.54) is 0 Å². The first-order valence-corrected chi connectivity index (χ1v) is 5.91. The number of benzene rings is 1. The molecule has 1 N–H and O–H groups in total. The minimum atomic E-state index is -0.750. The molecule has 2 unspecified atom stereocenters. The Labute approximate surface area is 102 Å². The molecule has 0 amide bonds. The van der Waals surface area contributed by atoms with E-state index in [-0.39, 0.29) is 0 Å². The number of carbonyl (C=O) groups is 1. The fourth-order valence-corrected chi connectivity index (χ4v) is 1.90. The molecule has 1 aromatic carbocycles. The number of ether oxygens (including phenoxy) is 1. The lowest BCUT2D eigenvalue weighted by atomic mass is 9.88. The average Bonchev–Trinajstić information content (AvgIpc) is 2.34. The Morgan fingerprint density at radius 1 is 1.35 bits per heavy atom. The van der Waals surface area contributed by atoms with Gasteiger partial charge in [-0.1, -0.05) is 37.3 Å². The summed E-state index contributed by atoms with van der Waals surface area (Å²) in [6.45, 7) is 2.75. The maximum atomic E-state index is 11.3. The number of aliphatic carboxylic acids is 1. The molecule has 94 valence electrons.